The minimum atomic E-state index is -0.365. The number of carbonyl (C=O) groups excluding carboxylic acids is 5. The molecule has 204 valence electrons. The van der Waals surface area contributed by atoms with Crippen molar-refractivity contribution in [2.75, 3.05) is 32.7 Å². The van der Waals surface area contributed by atoms with Gasteiger partial charge in [0.25, 0.3) is 0 Å². The normalized spacial score (nSPS) is 16.6. The Morgan fingerprint density at radius 2 is 1.14 bits per heavy atom. The van der Waals surface area contributed by atoms with Gasteiger partial charge in [0, 0.05) is 26.1 Å². The van der Waals surface area contributed by atoms with Crippen molar-refractivity contribution in [3.63, 3.8) is 0 Å². The van der Waals surface area contributed by atoms with Gasteiger partial charge in [0.05, 0.1) is 21.0 Å². The number of unbranched alkanes of at least 4 members (excludes halogenated alkanes) is 2. The fraction of sp³-hybridized carbons (Fsp3) is 0.762. The fourth-order valence-corrected chi connectivity index (χ4v) is 7.30. The van der Waals surface area contributed by atoms with Gasteiger partial charge in [-0.05, 0) is 25.7 Å². The second kappa shape index (κ2) is 16.5. The van der Waals surface area contributed by atoms with Crippen molar-refractivity contribution in [1.82, 2.24) is 15.5 Å². The lowest BCUT2D eigenvalue weighted by Gasteiger charge is -2.21. The summed E-state index contributed by atoms with van der Waals surface area (Å²) in [4.78, 5) is 61.3. The van der Waals surface area contributed by atoms with Gasteiger partial charge in [-0.15, -0.1) is 0 Å². The molecule has 2 fully saturated rings. The zero-order valence-corrected chi connectivity index (χ0v) is 23.4. The molecule has 0 aromatic heterocycles. The molecule has 0 aliphatic carbocycles. The minimum absolute atomic E-state index is 0.0396. The number of amides is 5. The Labute approximate surface area is 227 Å². The standard InChI is InChI=1S/C21H36N6O5S4/c22-8-7-17(30)27(11-15(28)25-9-3-1-5-13(18(23)31)20-33-34-20)12-16(29)26-10-4-2-6-14(19(24)32)21-35-36-21/h13-14,20-21H,1-12,22H2,(H2,23,31)(H2,24,32)(H,25,28)(H,26,29)/t13-,14-/m0/s1. The zero-order valence-electron chi connectivity index (χ0n) is 20.1. The number of hydrogen-bond acceptors (Lipinski definition) is 10. The van der Waals surface area contributed by atoms with Crippen LogP contribution < -0.4 is 27.8 Å². The minimum Gasteiger partial charge on any atom is -0.369 e. The van der Waals surface area contributed by atoms with Gasteiger partial charge < -0.3 is 32.7 Å². The van der Waals surface area contributed by atoms with Crippen molar-refractivity contribution in [2.45, 2.75) is 54.1 Å². The summed E-state index contributed by atoms with van der Waals surface area (Å²) in [6.45, 7) is 0.468. The van der Waals surface area contributed by atoms with Crippen molar-refractivity contribution in [3.05, 3.63) is 0 Å². The average Bonchev–Trinajstić information content (AvgIpc) is 3.72. The third-order valence-corrected chi connectivity index (χ3v) is 10.3. The molecule has 0 spiro atoms. The Morgan fingerprint density at radius 3 is 1.47 bits per heavy atom. The van der Waals surface area contributed by atoms with Crippen LogP contribution in [-0.2, 0) is 24.0 Å². The first-order chi connectivity index (χ1) is 17.2. The van der Waals surface area contributed by atoms with E-state index >= 15 is 0 Å². The molecule has 2 atom stereocenters. The van der Waals surface area contributed by atoms with E-state index < -0.39 is 0 Å². The smallest absolute Gasteiger partial charge is 0.239 e. The van der Waals surface area contributed by atoms with Gasteiger partial charge in [-0.25, -0.2) is 0 Å². The maximum Gasteiger partial charge on any atom is 0.239 e. The zero-order chi connectivity index (χ0) is 26.5. The first kappa shape index (κ1) is 30.9. The van der Waals surface area contributed by atoms with E-state index in [1.54, 1.807) is 43.2 Å². The number of carbonyl (C=O) groups is 5. The highest BCUT2D eigenvalue weighted by Crippen LogP contribution is 2.58. The van der Waals surface area contributed by atoms with Gasteiger partial charge >= 0.3 is 0 Å². The monoisotopic (exact) mass is 580 g/mol. The Morgan fingerprint density at radius 1 is 0.722 bits per heavy atom. The number of rotatable bonds is 20. The topological polar surface area (TPSA) is 191 Å². The van der Waals surface area contributed by atoms with E-state index in [2.05, 4.69) is 10.6 Å². The Balaban J connectivity index is 1.64. The molecule has 15 heteroatoms. The van der Waals surface area contributed by atoms with Crippen LogP contribution in [0.2, 0.25) is 0 Å². The van der Waals surface area contributed by atoms with E-state index in [0.717, 1.165) is 12.8 Å². The molecule has 2 rings (SSSR count). The highest BCUT2D eigenvalue weighted by atomic mass is 33.2. The third-order valence-electron chi connectivity index (χ3n) is 5.71. The maximum atomic E-state index is 12.4. The van der Waals surface area contributed by atoms with Crippen LogP contribution in [0.5, 0.6) is 0 Å². The van der Waals surface area contributed by atoms with E-state index in [-0.39, 0.29) is 76.6 Å². The highest BCUT2D eigenvalue weighted by molar-refractivity contribution is 8.93. The predicted octanol–water partition coefficient (Wildman–Crippen LogP) is 0.382. The first-order valence-corrected chi connectivity index (χ1v) is 16.5. The predicted molar refractivity (Wildman–Crippen MR) is 147 cm³/mol. The van der Waals surface area contributed by atoms with Crippen LogP contribution in [0.1, 0.15) is 44.9 Å². The molecule has 0 unspecified atom stereocenters. The van der Waals surface area contributed by atoms with Crippen molar-refractivity contribution in [1.29, 1.82) is 0 Å². The van der Waals surface area contributed by atoms with Crippen LogP contribution in [0.25, 0.3) is 0 Å². The molecule has 0 saturated carbocycles. The number of nitrogens with one attached hydrogen (secondary N) is 2. The summed E-state index contributed by atoms with van der Waals surface area (Å²) in [5.41, 5.74) is 16.4. The molecule has 36 heavy (non-hydrogen) atoms. The van der Waals surface area contributed by atoms with Gasteiger partial charge in [-0.1, -0.05) is 56.0 Å². The van der Waals surface area contributed by atoms with Gasteiger partial charge in [-0.3, -0.25) is 24.0 Å². The Bertz CT molecular complexity index is 730. The van der Waals surface area contributed by atoms with E-state index in [4.69, 9.17) is 17.2 Å². The largest absolute Gasteiger partial charge is 0.369 e. The summed E-state index contributed by atoms with van der Waals surface area (Å²) in [6.07, 6.45) is 4.27. The summed E-state index contributed by atoms with van der Waals surface area (Å²) in [5.74, 6) is -1.98. The van der Waals surface area contributed by atoms with Crippen LogP contribution in [0.3, 0.4) is 0 Å². The number of primary amides is 2. The summed E-state index contributed by atoms with van der Waals surface area (Å²) in [6, 6.07) is 0. The SMILES string of the molecule is NCCC(=O)N(CC(=O)NCCCC[C@@H](C(N)=O)C1SS1)CC(=O)NCCCC[C@@H](C(N)=O)C1SS1. The average molecular weight is 581 g/mol. The van der Waals surface area contributed by atoms with E-state index in [1.165, 1.54) is 4.90 Å². The van der Waals surface area contributed by atoms with Crippen molar-refractivity contribution in [3.8, 4) is 0 Å². The number of nitrogens with zero attached hydrogens (tertiary/aromatic N) is 1. The Hall–Kier alpha value is -1.29. The van der Waals surface area contributed by atoms with E-state index in [0.29, 0.717) is 38.8 Å². The lowest BCUT2D eigenvalue weighted by Crippen LogP contribution is -2.46. The summed E-state index contributed by atoms with van der Waals surface area (Å²) < 4.78 is 0.497. The molecule has 8 N–H and O–H groups in total. The van der Waals surface area contributed by atoms with Crippen LogP contribution in [-0.4, -0.2) is 76.3 Å². The van der Waals surface area contributed by atoms with Crippen molar-refractivity contribution < 1.29 is 24.0 Å². The molecular weight excluding hydrogens is 545 g/mol. The van der Waals surface area contributed by atoms with E-state index in [1.807, 2.05) is 0 Å². The van der Waals surface area contributed by atoms with Crippen LogP contribution >= 0.6 is 43.2 Å². The van der Waals surface area contributed by atoms with Gasteiger partial charge in [0.2, 0.25) is 29.5 Å². The summed E-state index contributed by atoms with van der Waals surface area (Å²) in [5, 5.41) is 5.52. The maximum absolute atomic E-state index is 12.4. The van der Waals surface area contributed by atoms with Gasteiger partial charge in [-0.2, -0.15) is 0 Å². The molecule has 2 saturated heterocycles. The third kappa shape index (κ3) is 12.3. The van der Waals surface area contributed by atoms with Gasteiger partial charge in [0.15, 0.2) is 0 Å². The summed E-state index contributed by atoms with van der Waals surface area (Å²) >= 11 is 0. The second-order valence-corrected chi connectivity index (χ2v) is 14.3. The molecule has 5 amide bonds. The quantitative estimate of drug-likeness (QED) is 0.0764. The molecule has 2 aliphatic rings. The van der Waals surface area contributed by atoms with Crippen LogP contribution in [0.15, 0.2) is 0 Å². The molecule has 2 aliphatic heterocycles. The molecule has 0 aromatic rings. The lowest BCUT2D eigenvalue weighted by atomic mass is 10.0. The van der Waals surface area contributed by atoms with Crippen LogP contribution in [0.4, 0.5) is 0 Å². The summed E-state index contributed by atoms with van der Waals surface area (Å²) in [7, 11) is 6.61. The molecule has 0 bridgehead atoms. The Kier molecular flexibility index (Phi) is 14.2. The second-order valence-electron chi connectivity index (χ2n) is 8.62. The lowest BCUT2D eigenvalue weighted by molar-refractivity contribution is -0.139. The van der Waals surface area contributed by atoms with E-state index in [9.17, 15) is 24.0 Å². The van der Waals surface area contributed by atoms with Gasteiger partial charge in [0.1, 0.15) is 13.1 Å². The number of nitrogens with two attached hydrogens (primary N) is 3. The highest BCUT2D eigenvalue weighted by Gasteiger charge is 2.37. The molecule has 0 radical (unpaired) electrons. The van der Waals surface area contributed by atoms with Crippen LogP contribution in [0, 0.1) is 11.8 Å². The van der Waals surface area contributed by atoms with Crippen molar-refractivity contribution in [2.24, 2.45) is 29.0 Å². The molecule has 0 aromatic carbocycles. The first-order valence-electron chi connectivity index (χ1n) is 12.0. The molecule has 11 nitrogen and oxygen atoms in total. The van der Waals surface area contributed by atoms with Crippen molar-refractivity contribution >= 4 is 72.7 Å². The fourth-order valence-electron chi connectivity index (χ4n) is 3.56. The molecular formula is C21H36N6O5S4. The number of hydrogen-bond donors (Lipinski definition) is 5. The molecule has 2 heterocycles.